The van der Waals surface area contributed by atoms with Crippen LogP contribution in [-0.2, 0) is 4.79 Å². The Balaban J connectivity index is 2.32. The molecule has 2 rings (SSSR count). The molecule has 0 radical (unpaired) electrons. The summed E-state index contributed by atoms with van der Waals surface area (Å²) in [6.07, 6.45) is -1.54. The van der Waals surface area contributed by atoms with Gasteiger partial charge in [0.2, 0.25) is 5.91 Å². The predicted octanol–water partition coefficient (Wildman–Crippen LogP) is 0.652. The summed E-state index contributed by atoms with van der Waals surface area (Å²) in [4.78, 5) is 13.1. The molecule has 0 bridgehead atoms. The number of β-lactam (4-membered cyclic amide) rings is 1. The first-order valence-electron chi connectivity index (χ1n) is 4.87. The van der Waals surface area contributed by atoms with E-state index in [-0.39, 0.29) is 11.8 Å². The molecular formula is C11H13NO3. The summed E-state index contributed by atoms with van der Waals surface area (Å²) >= 11 is 0. The van der Waals surface area contributed by atoms with Crippen LogP contribution in [-0.4, -0.2) is 22.7 Å². The predicted molar refractivity (Wildman–Crippen MR) is 55.1 cm³/mol. The minimum atomic E-state index is -1.54. The number of hydrogen-bond acceptors (Lipinski definition) is 3. The van der Waals surface area contributed by atoms with Crippen molar-refractivity contribution in [3.05, 3.63) is 29.8 Å². The van der Waals surface area contributed by atoms with Gasteiger partial charge in [-0.05, 0) is 6.07 Å². The summed E-state index contributed by atoms with van der Waals surface area (Å²) in [5, 5.41) is 18.3. The third-order valence-corrected chi connectivity index (χ3v) is 2.65. The molecule has 1 aliphatic rings. The molecule has 80 valence electrons. The largest absolute Gasteiger partial charge is 0.364 e. The zero-order valence-corrected chi connectivity index (χ0v) is 8.42. The molecule has 1 saturated heterocycles. The Hall–Kier alpha value is -1.39. The van der Waals surface area contributed by atoms with E-state index in [2.05, 4.69) is 0 Å². The normalized spacial score (nSPS) is 20.7. The summed E-state index contributed by atoms with van der Waals surface area (Å²) in [7, 11) is 0. The Morgan fingerprint density at radius 2 is 2.07 bits per heavy atom. The summed E-state index contributed by atoms with van der Waals surface area (Å²) in [6, 6.07) is 6.82. The van der Waals surface area contributed by atoms with Crippen LogP contribution in [0.15, 0.2) is 24.3 Å². The smallest absolute Gasteiger partial charge is 0.231 e. The van der Waals surface area contributed by atoms with Crippen LogP contribution in [0.25, 0.3) is 0 Å². The molecule has 4 nitrogen and oxygen atoms in total. The van der Waals surface area contributed by atoms with Crippen molar-refractivity contribution in [3.8, 4) is 0 Å². The number of para-hydroxylation sites is 1. The Morgan fingerprint density at radius 3 is 2.60 bits per heavy atom. The van der Waals surface area contributed by atoms with Gasteiger partial charge >= 0.3 is 0 Å². The summed E-state index contributed by atoms with van der Waals surface area (Å²) in [5.74, 6) is 0.0667. The molecule has 1 fully saturated rings. The summed E-state index contributed by atoms with van der Waals surface area (Å²) in [6.45, 7) is 2.50. The Morgan fingerprint density at radius 1 is 1.40 bits per heavy atom. The lowest BCUT2D eigenvalue weighted by molar-refractivity contribution is -0.126. The van der Waals surface area contributed by atoms with E-state index < -0.39 is 6.29 Å². The highest BCUT2D eigenvalue weighted by Crippen LogP contribution is 2.31. The van der Waals surface area contributed by atoms with Crippen molar-refractivity contribution in [1.29, 1.82) is 0 Å². The molecule has 0 saturated carbocycles. The monoisotopic (exact) mass is 207 g/mol. The Bertz CT molecular complexity index is 389. The van der Waals surface area contributed by atoms with Gasteiger partial charge in [0.15, 0.2) is 6.29 Å². The van der Waals surface area contributed by atoms with Gasteiger partial charge in [0.25, 0.3) is 0 Å². The Kier molecular flexibility index (Phi) is 2.46. The molecule has 4 heteroatoms. The fraction of sp³-hybridized carbons (Fsp3) is 0.364. The SMILES string of the molecule is CC1CN(c2ccccc2C(O)O)C1=O. The number of amides is 1. The average molecular weight is 207 g/mol. The zero-order valence-electron chi connectivity index (χ0n) is 8.42. The van der Waals surface area contributed by atoms with Gasteiger partial charge in [0.1, 0.15) is 0 Å². The van der Waals surface area contributed by atoms with Gasteiger partial charge < -0.3 is 15.1 Å². The van der Waals surface area contributed by atoms with E-state index >= 15 is 0 Å². The van der Waals surface area contributed by atoms with Crippen molar-refractivity contribution in [2.45, 2.75) is 13.2 Å². The first kappa shape index (κ1) is 10.1. The topological polar surface area (TPSA) is 60.8 Å². The highest BCUT2D eigenvalue weighted by Gasteiger charge is 2.35. The number of carbonyl (C=O) groups excluding carboxylic acids is 1. The second-order valence-electron chi connectivity index (χ2n) is 3.78. The average Bonchev–Trinajstić information content (AvgIpc) is 2.25. The first-order valence-corrected chi connectivity index (χ1v) is 4.87. The lowest BCUT2D eigenvalue weighted by Gasteiger charge is -2.37. The second kappa shape index (κ2) is 3.64. The number of rotatable bonds is 2. The van der Waals surface area contributed by atoms with Gasteiger partial charge in [0, 0.05) is 12.1 Å². The molecule has 1 aliphatic heterocycles. The van der Waals surface area contributed by atoms with E-state index in [1.165, 1.54) is 0 Å². The fourth-order valence-corrected chi connectivity index (χ4v) is 1.76. The van der Waals surface area contributed by atoms with Crippen LogP contribution in [0.5, 0.6) is 0 Å². The molecule has 0 aliphatic carbocycles. The number of hydrogen-bond donors (Lipinski definition) is 2. The van der Waals surface area contributed by atoms with Crippen LogP contribution < -0.4 is 4.90 Å². The van der Waals surface area contributed by atoms with E-state index in [9.17, 15) is 4.79 Å². The van der Waals surface area contributed by atoms with Gasteiger partial charge in [-0.3, -0.25) is 4.79 Å². The minimum absolute atomic E-state index is 0.0306. The van der Waals surface area contributed by atoms with Gasteiger partial charge in [-0.15, -0.1) is 0 Å². The van der Waals surface area contributed by atoms with E-state index in [1.807, 2.05) is 6.92 Å². The fourth-order valence-electron chi connectivity index (χ4n) is 1.76. The molecule has 1 unspecified atom stereocenters. The number of benzene rings is 1. The first-order chi connectivity index (χ1) is 7.11. The van der Waals surface area contributed by atoms with Crippen molar-refractivity contribution in [1.82, 2.24) is 0 Å². The summed E-state index contributed by atoms with van der Waals surface area (Å²) in [5.41, 5.74) is 0.966. The molecule has 0 aromatic heterocycles. The van der Waals surface area contributed by atoms with Crippen LogP contribution in [0, 0.1) is 5.92 Å². The maximum atomic E-state index is 11.5. The van der Waals surface area contributed by atoms with Crippen molar-refractivity contribution in [2.75, 3.05) is 11.4 Å². The van der Waals surface area contributed by atoms with Crippen molar-refractivity contribution in [2.24, 2.45) is 5.92 Å². The third-order valence-electron chi connectivity index (χ3n) is 2.65. The quantitative estimate of drug-likeness (QED) is 0.553. The number of aliphatic hydroxyl groups is 2. The van der Waals surface area contributed by atoms with Gasteiger partial charge in [0.05, 0.1) is 11.6 Å². The van der Waals surface area contributed by atoms with Crippen LogP contribution in [0.1, 0.15) is 18.8 Å². The number of carbonyl (C=O) groups is 1. The van der Waals surface area contributed by atoms with Crippen molar-refractivity contribution >= 4 is 11.6 Å². The van der Waals surface area contributed by atoms with Gasteiger partial charge in [-0.2, -0.15) is 0 Å². The molecule has 1 aromatic rings. The lowest BCUT2D eigenvalue weighted by atomic mass is 9.98. The maximum absolute atomic E-state index is 11.5. The van der Waals surface area contributed by atoms with E-state index in [0.717, 1.165) is 0 Å². The molecule has 1 amide bonds. The number of anilines is 1. The molecular weight excluding hydrogens is 194 g/mol. The Labute approximate surface area is 87.8 Å². The van der Waals surface area contributed by atoms with E-state index in [0.29, 0.717) is 17.8 Å². The van der Waals surface area contributed by atoms with Crippen LogP contribution >= 0.6 is 0 Å². The van der Waals surface area contributed by atoms with Crippen LogP contribution in [0.2, 0.25) is 0 Å². The highest BCUT2D eigenvalue weighted by molar-refractivity contribution is 6.01. The zero-order chi connectivity index (χ0) is 11.0. The van der Waals surface area contributed by atoms with E-state index in [4.69, 9.17) is 10.2 Å². The highest BCUT2D eigenvalue weighted by atomic mass is 16.5. The lowest BCUT2D eigenvalue weighted by Crippen LogP contribution is -2.51. The van der Waals surface area contributed by atoms with Crippen molar-refractivity contribution in [3.63, 3.8) is 0 Å². The third kappa shape index (κ3) is 1.62. The molecule has 1 aromatic carbocycles. The standard InChI is InChI=1S/C11H13NO3/c1-7-6-12(10(7)13)9-5-3-2-4-8(9)11(14)15/h2-5,7,11,14-15H,6H2,1H3. The van der Waals surface area contributed by atoms with Crippen molar-refractivity contribution < 1.29 is 15.0 Å². The molecule has 1 atom stereocenters. The number of aliphatic hydroxyl groups excluding tert-OH is 1. The second-order valence-corrected chi connectivity index (χ2v) is 3.78. The summed E-state index contributed by atoms with van der Waals surface area (Å²) < 4.78 is 0. The van der Waals surface area contributed by atoms with Crippen LogP contribution in [0.4, 0.5) is 5.69 Å². The maximum Gasteiger partial charge on any atom is 0.231 e. The molecule has 2 N–H and O–H groups in total. The number of nitrogens with zero attached hydrogens (tertiary/aromatic N) is 1. The van der Waals surface area contributed by atoms with E-state index in [1.54, 1.807) is 29.2 Å². The minimum Gasteiger partial charge on any atom is -0.364 e. The molecule has 15 heavy (non-hydrogen) atoms. The van der Waals surface area contributed by atoms with Crippen LogP contribution in [0.3, 0.4) is 0 Å². The molecule has 1 heterocycles. The molecule has 0 spiro atoms. The van der Waals surface area contributed by atoms with Gasteiger partial charge in [-0.1, -0.05) is 25.1 Å². The van der Waals surface area contributed by atoms with Gasteiger partial charge in [-0.25, -0.2) is 0 Å².